The molecule has 5 nitrogen and oxygen atoms in total. The summed E-state index contributed by atoms with van der Waals surface area (Å²) in [4.78, 5) is 4.38. The number of ether oxygens (including phenoxy) is 1. The molecule has 2 heterocycles. The lowest BCUT2D eigenvalue weighted by molar-refractivity contribution is 0.160. The number of rotatable bonds is 5. The molecule has 0 aliphatic carbocycles. The number of hydrogen-bond acceptors (Lipinski definition) is 5. The Bertz CT molecular complexity index is 548. The van der Waals surface area contributed by atoms with E-state index in [9.17, 15) is 5.11 Å². The molecule has 1 unspecified atom stereocenters. The number of aliphatic hydroxyl groups excluding tert-OH is 1. The van der Waals surface area contributed by atoms with Crippen LogP contribution in [0.5, 0.6) is 5.75 Å². The van der Waals surface area contributed by atoms with Crippen LogP contribution in [0.1, 0.15) is 42.4 Å². The van der Waals surface area contributed by atoms with E-state index in [1.807, 2.05) is 26.2 Å². The van der Waals surface area contributed by atoms with Gasteiger partial charge in [0.15, 0.2) is 5.75 Å². The first kappa shape index (κ1) is 14.0. The third-order valence-corrected chi connectivity index (χ3v) is 3.85. The van der Waals surface area contributed by atoms with Crippen LogP contribution in [0.4, 0.5) is 0 Å². The highest BCUT2D eigenvalue weighted by molar-refractivity contribution is 7.09. The SMILES string of the molecule is COc1cnn(C(C)C)c1C(O)Cc1nc(C)cs1. The van der Waals surface area contributed by atoms with Crippen molar-refractivity contribution in [3.63, 3.8) is 0 Å². The first-order chi connectivity index (χ1) is 9.02. The van der Waals surface area contributed by atoms with Gasteiger partial charge < -0.3 is 9.84 Å². The van der Waals surface area contributed by atoms with E-state index in [0.717, 1.165) is 10.7 Å². The second-order valence-corrected chi connectivity index (χ2v) is 5.68. The minimum Gasteiger partial charge on any atom is -0.493 e. The van der Waals surface area contributed by atoms with Gasteiger partial charge in [0, 0.05) is 23.5 Å². The van der Waals surface area contributed by atoms with Crippen LogP contribution >= 0.6 is 11.3 Å². The third kappa shape index (κ3) is 2.96. The number of nitrogens with zero attached hydrogens (tertiary/aromatic N) is 3. The van der Waals surface area contributed by atoms with E-state index < -0.39 is 6.10 Å². The quantitative estimate of drug-likeness (QED) is 0.915. The van der Waals surface area contributed by atoms with E-state index >= 15 is 0 Å². The second kappa shape index (κ2) is 5.71. The fourth-order valence-electron chi connectivity index (χ4n) is 2.00. The molecule has 0 aliphatic rings. The summed E-state index contributed by atoms with van der Waals surface area (Å²) in [7, 11) is 1.59. The Labute approximate surface area is 116 Å². The van der Waals surface area contributed by atoms with E-state index in [4.69, 9.17) is 4.74 Å². The third-order valence-electron chi connectivity index (χ3n) is 2.86. The summed E-state index contributed by atoms with van der Waals surface area (Å²) in [5, 5.41) is 17.6. The molecule has 0 aliphatic heterocycles. The van der Waals surface area contributed by atoms with Gasteiger partial charge in [0.25, 0.3) is 0 Å². The zero-order valence-electron chi connectivity index (χ0n) is 11.6. The van der Waals surface area contributed by atoms with Crippen LogP contribution in [0, 0.1) is 6.92 Å². The predicted molar refractivity (Wildman–Crippen MR) is 74.7 cm³/mol. The number of hydrogen-bond donors (Lipinski definition) is 1. The number of aryl methyl sites for hydroxylation is 1. The minimum atomic E-state index is -0.662. The number of aromatic nitrogens is 3. The average molecular weight is 281 g/mol. The van der Waals surface area contributed by atoms with Gasteiger partial charge in [0.05, 0.1) is 18.3 Å². The summed E-state index contributed by atoms with van der Waals surface area (Å²) in [6, 6.07) is 0.173. The van der Waals surface area contributed by atoms with Crippen molar-refractivity contribution in [3.05, 3.63) is 28.0 Å². The normalized spacial score (nSPS) is 12.9. The smallest absolute Gasteiger partial charge is 0.162 e. The first-order valence-corrected chi connectivity index (χ1v) is 7.11. The summed E-state index contributed by atoms with van der Waals surface area (Å²) in [6.07, 6.45) is 1.46. The Morgan fingerprint density at radius 2 is 2.21 bits per heavy atom. The number of aliphatic hydroxyl groups is 1. The maximum atomic E-state index is 10.4. The van der Waals surface area contributed by atoms with Gasteiger partial charge in [-0.25, -0.2) is 4.98 Å². The van der Waals surface area contributed by atoms with E-state index in [1.54, 1.807) is 29.3 Å². The molecule has 0 radical (unpaired) electrons. The van der Waals surface area contributed by atoms with Crippen molar-refractivity contribution in [2.24, 2.45) is 0 Å². The van der Waals surface area contributed by atoms with Gasteiger partial charge in [-0.3, -0.25) is 4.68 Å². The molecule has 0 bridgehead atoms. The summed E-state index contributed by atoms with van der Waals surface area (Å²) >= 11 is 1.56. The number of methoxy groups -OCH3 is 1. The molecular weight excluding hydrogens is 262 g/mol. The molecule has 2 aromatic heterocycles. The van der Waals surface area contributed by atoms with Crippen LogP contribution < -0.4 is 4.74 Å². The summed E-state index contributed by atoms with van der Waals surface area (Å²) in [5.41, 5.74) is 1.70. The summed E-state index contributed by atoms with van der Waals surface area (Å²) in [6.45, 7) is 6.00. The monoisotopic (exact) mass is 281 g/mol. The molecule has 0 saturated heterocycles. The molecule has 2 aromatic rings. The lowest BCUT2D eigenvalue weighted by atomic mass is 10.1. The van der Waals surface area contributed by atoms with Crippen LogP contribution in [0.15, 0.2) is 11.6 Å². The largest absolute Gasteiger partial charge is 0.493 e. The Morgan fingerprint density at radius 1 is 1.47 bits per heavy atom. The lowest BCUT2D eigenvalue weighted by Crippen LogP contribution is -2.13. The number of thiazole rings is 1. The lowest BCUT2D eigenvalue weighted by Gasteiger charge is -2.16. The van der Waals surface area contributed by atoms with E-state index in [-0.39, 0.29) is 6.04 Å². The fraction of sp³-hybridized carbons (Fsp3) is 0.538. The van der Waals surface area contributed by atoms with Gasteiger partial charge in [-0.15, -0.1) is 11.3 Å². The van der Waals surface area contributed by atoms with Gasteiger partial charge in [0.1, 0.15) is 11.8 Å². The maximum Gasteiger partial charge on any atom is 0.162 e. The van der Waals surface area contributed by atoms with Crippen molar-refractivity contribution < 1.29 is 9.84 Å². The molecule has 0 spiro atoms. The average Bonchev–Trinajstić information content (AvgIpc) is 2.94. The Morgan fingerprint density at radius 3 is 2.74 bits per heavy atom. The zero-order chi connectivity index (χ0) is 14.0. The molecule has 0 saturated carbocycles. The second-order valence-electron chi connectivity index (χ2n) is 4.74. The van der Waals surface area contributed by atoms with Crippen LogP contribution in [0.25, 0.3) is 0 Å². The Hall–Kier alpha value is -1.40. The Balaban J connectivity index is 2.26. The van der Waals surface area contributed by atoms with Crippen molar-refractivity contribution in [3.8, 4) is 5.75 Å². The van der Waals surface area contributed by atoms with Gasteiger partial charge >= 0.3 is 0 Å². The maximum absolute atomic E-state index is 10.4. The van der Waals surface area contributed by atoms with Crippen LogP contribution in [-0.2, 0) is 6.42 Å². The van der Waals surface area contributed by atoms with Crippen LogP contribution in [0.3, 0.4) is 0 Å². The molecule has 104 valence electrons. The highest BCUT2D eigenvalue weighted by atomic mass is 32.1. The van der Waals surface area contributed by atoms with E-state index in [1.165, 1.54) is 0 Å². The van der Waals surface area contributed by atoms with E-state index in [0.29, 0.717) is 17.9 Å². The zero-order valence-corrected chi connectivity index (χ0v) is 12.4. The molecule has 0 fully saturated rings. The molecule has 6 heteroatoms. The van der Waals surface area contributed by atoms with Gasteiger partial charge in [-0.05, 0) is 20.8 Å². The van der Waals surface area contributed by atoms with Crippen molar-refractivity contribution in [2.45, 2.75) is 39.3 Å². The topological polar surface area (TPSA) is 60.2 Å². The van der Waals surface area contributed by atoms with E-state index in [2.05, 4.69) is 10.1 Å². The highest BCUT2D eigenvalue weighted by Gasteiger charge is 2.22. The summed E-state index contributed by atoms with van der Waals surface area (Å²) in [5.74, 6) is 0.620. The van der Waals surface area contributed by atoms with Gasteiger partial charge in [-0.2, -0.15) is 5.10 Å². The van der Waals surface area contributed by atoms with Crippen molar-refractivity contribution in [1.82, 2.24) is 14.8 Å². The summed E-state index contributed by atoms with van der Waals surface area (Å²) < 4.78 is 7.08. The highest BCUT2D eigenvalue weighted by Crippen LogP contribution is 2.30. The van der Waals surface area contributed by atoms with Gasteiger partial charge in [0.2, 0.25) is 0 Å². The predicted octanol–water partition coefficient (Wildman–Crippen LogP) is 2.51. The molecule has 1 N–H and O–H groups in total. The minimum absolute atomic E-state index is 0.173. The van der Waals surface area contributed by atoms with Crippen LogP contribution in [0.2, 0.25) is 0 Å². The molecule has 2 rings (SSSR count). The Kier molecular flexibility index (Phi) is 4.21. The van der Waals surface area contributed by atoms with Gasteiger partial charge in [-0.1, -0.05) is 0 Å². The molecule has 0 amide bonds. The van der Waals surface area contributed by atoms with Crippen molar-refractivity contribution in [2.75, 3.05) is 7.11 Å². The standard InChI is InChI=1S/C13H19N3O2S/c1-8(2)16-13(11(18-4)6-14-16)10(17)5-12-15-9(3)7-19-12/h6-8,10,17H,5H2,1-4H3. The molecule has 19 heavy (non-hydrogen) atoms. The molecule has 0 aromatic carbocycles. The van der Waals surface area contributed by atoms with Crippen molar-refractivity contribution >= 4 is 11.3 Å². The molecular formula is C13H19N3O2S. The fourth-order valence-corrected chi connectivity index (χ4v) is 2.81. The first-order valence-electron chi connectivity index (χ1n) is 6.23. The van der Waals surface area contributed by atoms with Crippen LogP contribution in [-0.4, -0.2) is 27.0 Å². The molecule has 1 atom stereocenters. The van der Waals surface area contributed by atoms with Crippen molar-refractivity contribution in [1.29, 1.82) is 0 Å².